The number of aromatic nitrogens is 1. The van der Waals surface area contributed by atoms with Crippen LogP contribution in [0.3, 0.4) is 0 Å². The number of rotatable bonds is 3. The average molecular weight is 280 g/mol. The molecule has 108 valence electrons. The zero-order valence-corrected chi connectivity index (χ0v) is 11.2. The Bertz CT molecular complexity index is 535. The molecule has 1 saturated carbocycles. The van der Waals surface area contributed by atoms with E-state index in [2.05, 4.69) is 10.3 Å². The van der Waals surface area contributed by atoms with Gasteiger partial charge in [0, 0.05) is 6.20 Å². The molecule has 1 fully saturated rings. The van der Waals surface area contributed by atoms with E-state index in [0.29, 0.717) is 12.8 Å². The summed E-state index contributed by atoms with van der Waals surface area (Å²) in [5.41, 5.74) is -1.23. The third kappa shape index (κ3) is 2.95. The number of carbonyl (C=O) groups is 2. The standard InChI is InChI=1S/C14H17FN2O3/c1-9-3-2-4-14(6-9,13(19)20)17-12(18)10-5-11(15)8-16-7-10/h5,7-9H,2-4,6H2,1H3,(H,17,18)(H,19,20). The van der Waals surface area contributed by atoms with Crippen LogP contribution >= 0.6 is 0 Å². The van der Waals surface area contributed by atoms with Crippen LogP contribution in [0.25, 0.3) is 0 Å². The van der Waals surface area contributed by atoms with Gasteiger partial charge in [-0.3, -0.25) is 9.78 Å². The van der Waals surface area contributed by atoms with Crippen molar-refractivity contribution in [3.8, 4) is 0 Å². The molecule has 0 bridgehead atoms. The van der Waals surface area contributed by atoms with Gasteiger partial charge in [-0.25, -0.2) is 9.18 Å². The highest BCUT2D eigenvalue weighted by Crippen LogP contribution is 2.32. The maximum Gasteiger partial charge on any atom is 0.329 e. The van der Waals surface area contributed by atoms with E-state index in [1.54, 1.807) is 0 Å². The van der Waals surface area contributed by atoms with Gasteiger partial charge in [0.1, 0.15) is 11.4 Å². The number of carboxylic acids is 1. The first-order valence-electron chi connectivity index (χ1n) is 6.59. The molecule has 1 aromatic rings. The van der Waals surface area contributed by atoms with Crippen LogP contribution in [-0.2, 0) is 4.79 Å². The van der Waals surface area contributed by atoms with E-state index in [-0.39, 0.29) is 11.5 Å². The number of nitrogens with zero attached hydrogens (tertiary/aromatic N) is 1. The van der Waals surface area contributed by atoms with Crippen molar-refractivity contribution in [3.63, 3.8) is 0 Å². The number of halogens is 1. The number of amides is 1. The van der Waals surface area contributed by atoms with Crippen LogP contribution in [0.5, 0.6) is 0 Å². The molecular formula is C14H17FN2O3. The van der Waals surface area contributed by atoms with Crippen LogP contribution in [0.2, 0.25) is 0 Å². The number of aliphatic carboxylic acids is 1. The van der Waals surface area contributed by atoms with Gasteiger partial charge in [0.15, 0.2) is 0 Å². The molecule has 20 heavy (non-hydrogen) atoms. The fraction of sp³-hybridized carbons (Fsp3) is 0.500. The molecule has 6 heteroatoms. The molecule has 0 aliphatic heterocycles. The second kappa shape index (κ2) is 5.56. The van der Waals surface area contributed by atoms with E-state index >= 15 is 0 Å². The van der Waals surface area contributed by atoms with Crippen LogP contribution in [0, 0.1) is 11.7 Å². The Morgan fingerprint density at radius 1 is 1.50 bits per heavy atom. The normalized spacial score (nSPS) is 26.0. The Hall–Kier alpha value is -1.98. The maximum atomic E-state index is 13.1. The van der Waals surface area contributed by atoms with Crippen molar-refractivity contribution in [1.29, 1.82) is 0 Å². The van der Waals surface area contributed by atoms with Crippen molar-refractivity contribution in [2.24, 2.45) is 5.92 Å². The molecule has 1 aliphatic rings. The first-order valence-corrected chi connectivity index (χ1v) is 6.59. The van der Waals surface area contributed by atoms with Gasteiger partial charge in [0.2, 0.25) is 0 Å². The Balaban J connectivity index is 2.20. The third-order valence-electron chi connectivity index (χ3n) is 3.73. The first-order chi connectivity index (χ1) is 9.43. The molecule has 1 aliphatic carbocycles. The Morgan fingerprint density at radius 2 is 2.25 bits per heavy atom. The number of carbonyl (C=O) groups excluding carboxylic acids is 1. The topological polar surface area (TPSA) is 79.3 Å². The van der Waals surface area contributed by atoms with Gasteiger partial charge in [-0.15, -0.1) is 0 Å². The summed E-state index contributed by atoms with van der Waals surface area (Å²) in [6.45, 7) is 1.97. The molecule has 0 aromatic carbocycles. The van der Waals surface area contributed by atoms with Crippen LogP contribution in [0.4, 0.5) is 4.39 Å². The number of hydrogen-bond donors (Lipinski definition) is 2. The monoisotopic (exact) mass is 280 g/mol. The predicted octanol–water partition coefficient (Wildman–Crippen LogP) is 1.98. The highest BCUT2D eigenvalue weighted by molar-refractivity contribution is 5.97. The Morgan fingerprint density at radius 3 is 2.85 bits per heavy atom. The zero-order valence-electron chi connectivity index (χ0n) is 11.2. The molecule has 0 spiro atoms. The summed E-state index contributed by atoms with van der Waals surface area (Å²) in [4.78, 5) is 27.2. The van der Waals surface area contributed by atoms with Crippen LogP contribution in [0.15, 0.2) is 18.5 Å². The molecule has 2 unspecified atom stereocenters. The van der Waals surface area contributed by atoms with E-state index in [4.69, 9.17) is 0 Å². The van der Waals surface area contributed by atoms with Gasteiger partial charge in [0.25, 0.3) is 5.91 Å². The highest BCUT2D eigenvalue weighted by Gasteiger charge is 2.43. The molecule has 2 N–H and O–H groups in total. The van der Waals surface area contributed by atoms with E-state index in [0.717, 1.165) is 25.1 Å². The summed E-state index contributed by atoms with van der Waals surface area (Å²) in [7, 11) is 0. The fourth-order valence-corrected chi connectivity index (χ4v) is 2.74. The average Bonchev–Trinajstić information content (AvgIpc) is 2.38. The van der Waals surface area contributed by atoms with Crippen LogP contribution < -0.4 is 5.32 Å². The van der Waals surface area contributed by atoms with Gasteiger partial charge in [0.05, 0.1) is 11.8 Å². The second-order valence-electron chi connectivity index (χ2n) is 5.43. The lowest BCUT2D eigenvalue weighted by Crippen LogP contribution is -2.56. The molecule has 2 atom stereocenters. The summed E-state index contributed by atoms with van der Waals surface area (Å²) in [6, 6.07) is 1.05. The molecule has 2 rings (SSSR count). The van der Waals surface area contributed by atoms with Gasteiger partial charge in [-0.05, 0) is 24.8 Å². The fourth-order valence-electron chi connectivity index (χ4n) is 2.74. The highest BCUT2D eigenvalue weighted by atomic mass is 19.1. The minimum Gasteiger partial charge on any atom is -0.480 e. The third-order valence-corrected chi connectivity index (χ3v) is 3.73. The summed E-state index contributed by atoms with van der Waals surface area (Å²) < 4.78 is 13.1. The molecule has 0 saturated heterocycles. The summed E-state index contributed by atoms with van der Waals surface area (Å²) in [5.74, 6) is -2.04. The van der Waals surface area contributed by atoms with Gasteiger partial charge >= 0.3 is 5.97 Å². The lowest BCUT2D eigenvalue weighted by Gasteiger charge is -2.37. The SMILES string of the molecule is CC1CCCC(NC(=O)c2cncc(F)c2)(C(=O)O)C1. The smallest absolute Gasteiger partial charge is 0.329 e. The van der Waals surface area contributed by atoms with Crippen molar-refractivity contribution in [2.75, 3.05) is 0 Å². The minimum absolute atomic E-state index is 0.0313. The summed E-state index contributed by atoms with van der Waals surface area (Å²) >= 11 is 0. The van der Waals surface area contributed by atoms with Gasteiger partial charge in [-0.2, -0.15) is 0 Å². The number of nitrogens with one attached hydrogen (secondary N) is 1. The molecule has 1 aromatic heterocycles. The number of hydrogen-bond acceptors (Lipinski definition) is 3. The second-order valence-corrected chi connectivity index (χ2v) is 5.43. The van der Waals surface area contributed by atoms with E-state index in [1.165, 1.54) is 6.20 Å². The number of carboxylic acid groups (broad SMARTS) is 1. The van der Waals surface area contributed by atoms with E-state index in [9.17, 15) is 19.1 Å². The van der Waals surface area contributed by atoms with Crippen molar-refractivity contribution < 1.29 is 19.1 Å². The Labute approximate surface area is 116 Å². The van der Waals surface area contributed by atoms with Gasteiger partial charge < -0.3 is 10.4 Å². The van der Waals surface area contributed by atoms with Crippen molar-refractivity contribution in [2.45, 2.75) is 38.1 Å². The molecule has 5 nitrogen and oxygen atoms in total. The summed E-state index contributed by atoms with van der Waals surface area (Å²) in [5, 5.41) is 12.0. The maximum absolute atomic E-state index is 13.1. The van der Waals surface area contributed by atoms with Crippen LogP contribution in [0.1, 0.15) is 43.0 Å². The largest absolute Gasteiger partial charge is 0.480 e. The lowest BCUT2D eigenvalue weighted by molar-refractivity contribution is -0.146. The minimum atomic E-state index is -1.26. The molecule has 0 radical (unpaired) electrons. The zero-order chi connectivity index (χ0) is 14.8. The first kappa shape index (κ1) is 14.4. The van der Waals surface area contributed by atoms with E-state index in [1.807, 2.05) is 6.92 Å². The van der Waals surface area contributed by atoms with Crippen LogP contribution in [-0.4, -0.2) is 27.5 Å². The predicted molar refractivity (Wildman–Crippen MR) is 69.7 cm³/mol. The van der Waals surface area contributed by atoms with Gasteiger partial charge in [-0.1, -0.05) is 19.8 Å². The van der Waals surface area contributed by atoms with Crippen molar-refractivity contribution >= 4 is 11.9 Å². The van der Waals surface area contributed by atoms with Crippen molar-refractivity contribution in [3.05, 3.63) is 29.8 Å². The lowest BCUT2D eigenvalue weighted by atomic mass is 9.76. The Kier molecular flexibility index (Phi) is 4.01. The quantitative estimate of drug-likeness (QED) is 0.887. The van der Waals surface area contributed by atoms with E-state index < -0.39 is 23.2 Å². The van der Waals surface area contributed by atoms with Crippen molar-refractivity contribution in [1.82, 2.24) is 10.3 Å². The molecule has 1 amide bonds. The molecule has 1 heterocycles. The molecular weight excluding hydrogens is 263 g/mol. The number of pyridine rings is 1. The summed E-state index contributed by atoms with van der Waals surface area (Å²) in [6.07, 6.45) is 4.69.